The second kappa shape index (κ2) is 6.48. The molecule has 1 heterocycles. The highest BCUT2D eigenvalue weighted by Gasteiger charge is 2.09. The summed E-state index contributed by atoms with van der Waals surface area (Å²) >= 11 is 17.4. The van der Waals surface area contributed by atoms with E-state index in [1.165, 1.54) is 0 Å². The van der Waals surface area contributed by atoms with Crippen LogP contribution in [0.3, 0.4) is 0 Å². The van der Waals surface area contributed by atoms with Crippen molar-refractivity contribution in [2.45, 2.75) is 13.5 Å². The number of amides is 1. The molecule has 0 aliphatic rings. The quantitative estimate of drug-likeness (QED) is 0.867. The van der Waals surface area contributed by atoms with Gasteiger partial charge in [-0.2, -0.15) is 5.10 Å². The topological polar surface area (TPSA) is 46.9 Å². The van der Waals surface area contributed by atoms with Gasteiger partial charge in [-0.3, -0.25) is 9.48 Å². The Labute approximate surface area is 131 Å². The normalized spacial score (nSPS) is 10.6. The zero-order valence-corrected chi connectivity index (χ0v) is 12.9. The van der Waals surface area contributed by atoms with Crippen LogP contribution in [0.4, 0.5) is 5.82 Å². The number of aromatic nitrogens is 2. The van der Waals surface area contributed by atoms with Gasteiger partial charge in [0.05, 0.1) is 6.54 Å². The van der Waals surface area contributed by atoms with E-state index in [-0.39, 0.29) is 11.8 Å². The largest absolute Gasteiger partial charge is 0.308 e. The molecule has 0 aliphatic carbocycles. The molecule has 0 aliphatic heterocycles. The van der Waals surface area contributed by atoms with E-state index in [9.17, 15) is 4.79 Å². The maximum Gasteiger partial charge on any atom is 0.240 e. The summed E-state index contributed by atoms with van der Waals surface area (Å²) in [6.45, 7) is 2.39. The van der Waals surface area contributed by atoms with Gasteiger partial charge in [0.2, 0.25) is 5.91 Å². The van der Waals surface area contributed by atoms with Crippen molar-refractivity contribution in [1.82, 2.24) is 9.78 Å². The number of alkyl halides is 1. The Hall–Kier alpha value is -1.23. The average Bonchev–Trinajstić information content (AvgIpc) is 2.73. The van der Waals surface area contributed by atoms with Crippen LogP contribution in [0, 0.1) is 6.92 Å². The lowest BCUT2D eigenvalue weighted by atomic mass is 10.2. The molecule has 2 rings (SSSR count). The van der Waals surface area contributed by atoms with E-state index < -0.39 is 0 Å². The molecule has 0 bridgehead atoms. The number of hydrogen-bond donors (Lipinski definition) is 1. The first-order valence-electron chi connectivity index (χ1n) is 5.84. The number of benzene rings is 1. The van der Waals surface area contributed by atoms with Gasteiger partial charge in [0.25, 0.3) is 0 Å². The van der Waals surface area contributed by atoms with Gasteiger partial charge in [0.1, 0.15) is 5.88 Å². The second-order valence-electron chi connectivity index (χ2n) is 4.25. The van der Waals surface area contributed by atoms with Crippen LogP contribution in [0.5, 0.6) is 0 Å². The van der Waals surface area contributed by atoms with E-state index in [4.69, 9.17) is 34.8 Å². The van der Waals surface area contributed by atoms with Crippen molar-refractivity contribution >= 4 is 46.5 Å². The van der Waals surface area contributed by atoms with Crippen LogP contribution in [0.25, 0.3) is 0 Å². The van der Waals surface area contributed by atoms with Crippen LogP contribution in [0.2, 0.25) is 10.0 Å². The molecule has 106 valence electrons. The summed E-state index contributed by atoms with van der Waals surface area (Å²) in [5.74, 6) is 0.0774. The maximum absolute atomic E-state index is 11.2. The third kappa shape index (κ3) is 3.66. The van der Waals surface area contributed by atoms with Gasteiger partial charge in [-0.05, 0) is 24.6 Å². The Bertz CT molecular complexity index is 640. The lowest BCUT2D eigenvalue weighted by Gasteiger charge is -2.07. The molecule has 1 amide bonds. The summed E-state index contributed by atoms with van der Waals surface area (Å²) in [4.78, 5) is 11.2. The fraction of sp³-hybridized carbons (Fsp3) is 0.231. The summed E-state index contributed by atoms with van der Waals surface area (Å²) in [6, 6.07) is 7.09. The average molecular weight is 333 g/mol. The number of halogens is 3. The van der Waals surface area contributed by atoms with Crippen LogP contribution >= 0.6 is 34.8 Å². The molecular weight excluding hydrogens is 321 g/mol. The number of nitrogens with one attached hydrogen (secondary N) is 1. The molecule has 0 saturated heterocycles. The highest BCUT2D eigenvalue weighted by molar-refractivity contribution is 6.35. The molecule has 1 aromatic carbocycles. The minimum Gasteiger partial charge on any atom is -0.308 e. The molecule has 0 saturated carbocycles. The van der Waals surface area contributed by atoms with Gasteiger partial charge in [-0.1, -0.05) is 29.3 Å². The van der Waals surface area contributed by atoms with Crippen LogP contribution in [-0.2, 0) is 11.3 Å². The maximum atomic E-state index is 11.2. The fourth-order valence-electron chi connectivity index (χ4n) is 1.72. The fourth-order valence-corrected chi connectivity index (χ4v) is 2.25. The summed E-state index contributed by atoms with van der Waals surface area (Å²) in [7, 11) is 0. The zero-order valence-electron chi connectivity index (χ0n) is 10.7. The minimum absolute atomic E-state index is 0.102. The van der Waals surface area contributed by atoms with Crippen molar-refractivity contribution in [3.05, 3.63) is 45.6 Å². The molecule has 0 atom stereocenters. The molecule has 0 spiro atoms. The molecule has 2 aromatic rings. The molecule has 1 N–H and O–H groups in total. The summed E-state index contributed by atoms with van der Waals surface area (Å²) in [6.07, 6.45) is 0. The lowest BCUT2D eigenvalue weighted by Crippen LogP contribution is -2.13. The number of carbonyl (C=O) groups excluding carboxylic acids is 1. The molecule has 0 unspecified atom stereocenters. The number of anilines is 1. The van der Waals surface area contributed by atoms with Crippen molar-refractivity contribution in [2.24, 2.45) is 0 Å². The SMILES string of the molecule is Cc1cc(NC(=O)CCl)nn1Cc1ccc(Cl)cc1Cl. The summed E-state index contributed by atoms with van der Waals surface area (Å²) in [5, 5.41) is 8.07. The van der Waals surface area contributed by atoms with Crippen LogP contribution in [0.1, 0.15) is 11.3 Å². The third-order valence-electron chi connectivity index (χ3n) is 2.71. The van der Waals surface area contributed by atoms with E-state index in [2.05, 4.69) is 10.4 Å². The molecule has 7 heteroatoms. The van der Waals surface area contributed by atoms with Gasteiger partial charge >= 0.3 is 0 Å². The highest BCUT2D eigenvalue weighted by atomic mass is 35.5. The zero-order chi connectivity index (χ0) is 14.7. The smallest absolute Gasteiger partial charge is 0.240 e. The molecule has 20 heavy (non-hydrogen) atoms. The van der Waals surface area contributed by atoms with E-state index in [0.717, 1.165) is 11.3 Å². The first-order chi connectivity index (χ1) is 9.49. The first kappa shape index (κ1) is 15.2. The summed E-state index contributed by atoms with van der Waals surface area (Å²) in [5.41, 5.74) is 1.80. The number of nitrogens with zero attached hydrogens (tertiary/aromatic N) is 2. The van der Waals surface area contributed by atoms with Crippen molar-refractivity contribution in [3.8, 4) is 0 Å². The minimum atomic E-state index is -0.291. The van der Waals surface area contributed by atoms with Crippen LogP contribution in [0.15, 0.2) is 24.3 Å². The Morgan fingerprint density at radius 1 is 1.35 bits per heavy atom. The number of aryl methyl sites for hydroxylation is 1. The first-order valence-corrected chi connectivity index (χ1v) is 7.13. The van der Waals surface area contributed by atoms with Crippen molar-refractivity contribution in [3.63, 3.8) is 0 Å². The van der Waals surface area contributed by atoms with Crippen molar-refractivity contribution < 1.29 is 4.79 Å². The van der Waals surface area contributed by atoms with Gasteiger partial charge in [-0.15, -0.1) is 11.6 Å². The Morgan fingerprint density at radius 3 is 2.75 bits per heavy atom. The Balaban J connectivity index is 2.19. The Morgan fingerprint density at radius 2 is 2.10 bits per heavy atom. The monoisotopic (exact) mass is 331 g/mol. The molecular formula is C13H12Cl3N3O. The highest BCUT2D eigenvalue weighted by Crippen LogP contribution is 2.22. The van der Waals surface area contributed by atoms with Crippen molar-refractivity contribution in [2.75, 3.05) is 11.2 Å². The van der Waals surface area contributed by atoms with E-state index in [0.29, 0.717) is 22.4 Å². The standard InChI is InChI=1S/C13H12Cl3N3O/c1-8-4-12(17-13(20)6-14)18-19(8)7-9-2-3-10(15)5-11(9)16/h2-5H,6-7H2,1H3,(H,17,18,20). The van der Waals surface area contributed by atoms with Crippen LogP contribution in [-0.4, -0.2) is 21.6 Å². The Kier molecular flexibility index (Phi) is 4.91. The van der Waals surface area contributed by atoms with Crippen LogP contribution < -0.4 is 5.32 Å². The predicted octanol–water partition coefficient (Wildman–Crippen LogP) is 3.72. The number of hydrogen-bond acceptors (Lipinski definition) is 2. The summed E-state index contributed by atoms with van der Waals surface area (Å²) < 4.78 is 1.75. The van der Waals surface area contributed by atoms with Gasteiger partial charge < -0.3 is 5.32 Å². The van der Waals surface area contributed by atoms with Gasteiger partial charge in [0.15, 0.2) is 5.82 Å². The number of carbonyl (C=O) groups is 1. The van der Waals surface area contributed by atoms with E-state index >= 15 is 0 Å². The number of rotatable bonds is 4. The van der Waals surface area contributed by atoms with Crippen molar-refractivity contribution in [1.29, 1.82) is 0 Å². The third-order valence-corrected chi connectivity index (χ3v) is 3.53. The van der Waals surface area contributed by atoms with E-state index in [1.54, 1.807) is 22.9 Å². The molecule has 0 fully saturated rings. The molecule has 1 aromatic heterocycles. The lowest BCUT2D eigenvalue weighted by molar-refractivity contribution is -0.113. The van der Waals surface area contributed by atoms with Gasteiger partial charge in [0, 0.05) is 21.8 Å². The second-order valence-corrected chi connectivity index (χ2v) is 5.36. The predicted molar refractivity (Wildman–Crippen MR) is 81.9 cm³/mol. The molecule has 4 nitrogen and oxygen atoms in total. The van der Waals surface area contributed by atoms with Gasteiger partial charge in [-0.25, -0.2) is 0 Å². The molecule has 0 radical (unpaired) electrons. The van der Waals surface area contributed by atoms with E-state index in [1.807, 2.05) is 13.0 Å².